The number of rotatable bonds is 3. The van der Waals surface area contributed by atoms with E-state index in [0.29, 0.717) is 23.6 Å². The number of aromatic amines is 2. The van der Waals surface area contributed by atoms with Gasteiger partial charge in [-0.2, -0.15) is 0 Å². The molecule has 6 heteroatoms. The summed E-state index contributed by atoms with van der Waals surface area (Å²) in [5, 5.41) is 0. The number of likely N-dealkylation sites (tertiary alicyclic amines) is 1. The van der Waals surface area contributed by atoms with E-state index in [-0.39, 0.29) is 11.6 Å². The number of aromatic nitrogens is 2. The molecule has 0 radical (unpaired) electrons. The van der Waals surface area contributed by atoms with Gasteiger partial charge >= 0.3 is 5.69 Å². The standard InChI is InChI=1S/C18H28N4O2/c1-2-4-14-5-3-6-16-13-7-12(10-22(14)16)9-21(11-13)17(23)15-8-19-18(24)20-15/h8,12-14,16H,2-7,9-11H2,1H3,(H2,19,20,24)/t12-,13+,14-,16-/m0/s1. The number of nitrogens with one attached hydrogen (secondary N) is 2. The van der Waals surface area contributed by atoms with Crippen molar-refractivity contribution >= 4 is 5.91 Å². The van der Waals surface area contributed by atoms with Gasteiger partial charge < -0.3 is 14.9 Å². The molecular formula is C18H28N4O2. The van der Waals surface area contributed by atoms with Crippen LogP contribution in [0.5, 0.6) is 0 Å². The molecule has 3 aliphatic heterocycles. The molecule has 0 saturated carbocycles. The van der Waals surface area contributed by atoms with Crippen LogP contribution in [0.15, 0.2) is 11.0 Å². The van der Waals surface area contributed by atoms with Crippen LogP contribution in [0.4, 0.5) is 0 Å². The van der Waals surface area contributed by atoms with Crippen LogP contribution in [0.2, 0.25) is 0 Å². The molecule has 3 saturated heterocycles. The first-order valence-corrected chi connectivity index (χ1v) is 9.48. The van der Waals surface area contributed by atoms with Crippen molar-refractivity contribution in [2.45, 2.75) is 57.5 Å². The van der Waals surface area contributed by atoms with Crippen LogP contribution in [0.25, 0.3) is 0 Å². The maximum Gasteiger partial charge on any atom is 0.323 e. The van der Waals surface area contributed by atoms with Gasteiger partial charge in [-0.1, -0.05) is 19.8 Å². The van der Waals surface area contributed by atoms with E-state index < -0.39 is 0 Å². The van der Waals surface area contributed by atoms with Crippen molar-refractivity contribution in [2.75, 3.05) is 19.6 Å². The molecule has 0 aromatic carbocycles. The lowest BCUT2D eigenvalue weighted by atomic mass is 9.74. The summed E-state index contributed by atoms with van der Waals surface area (Å²) in [6.45, 7) is 5.08. The fourth-order valence-electron chi connectivity index (χ4n) is 5.34. The molecule has 132 valence electrons. The number of carbonyl (C=O) groups is 1. The Balaban J connectivity index is 1.50. The van der Waals surface area contributed by atoms with Crippen LogP contribution < -0.4 is 5.69 Å². The van der Waals surface area contributed by atoms with Gasteiger partial charge in [0.15, 0.2) is 0 Å². The van der Waals surface area contributed by atoms with E-state index in [1.165, 1.54) is 44.7 Å². The molecule has 1 amide bonds. The third-order valence-corrected chi connectivity index (χ3v) is 6.25. The SMILES string of the molecule is CCC[C@H]1CCC[C@H]2[C@@H]3C[C@@H](CN(C(=O)c4c[nH]c(=O)[nH]4)C3)CN12. The number of amides is 1. The van der Waals surface area contributed by atoms with Crippen molar-refractivity contribution in [3.8, 4) is 0 Å². The van der Waals surface area contributed by atoms with E-state index in [1.54, 1.807) is 0 Å². The first-order valence-electron chi connectivity index (χ1n) is 9.48. The topological polar surface area (TPSA) is 72.2 Å². The highest BCUT2D eigenvalue weighted by Gasteiger charge is 2.45. The molecule has 4 atom stereocenters. The van der Waals surface area contributed by atoms with Crippen LogP contribution in [0, 0.1) is 11.8 Å². The predicted octanol–water partition coefficient (Wildman–Crippen LogP) is 1.82. The summed E-state index contributed by atoms with van der Waals surface area (Å²) in [7, 11) is 0. The lowest BCUT2D eigenvalue weighted by Gasteiger charge is -2.55. The van der Waals surface area contributed by atoms with E-state index in [9.17, 15) is 9.59 Å². The Kier molecular flexibility index (Phi) is 4.24. The largest absolute Gasteiger partial charge is 0.337 e. The third-order valence-electron chi connectivity index (χ3n) is 6.25. The van der Waals surface area contributed by atoms with Crippen molar-refractivity contribution in [2.24, 2.45) is 11.8 Å². The first kappa shape index (κ1) is 15.9. The molecule has 1 aromatic rings. The monoisotopic (exact) mass is 332 g/mol. The van der Waals surface area contributed by atoms with Gasteiger partial charge in [0.05, 0.1) is 0 Å². The highest BCUT2D eigenvalue weighted by Crippen LogP contribution is 2.40. The summed E-state index contributed by atoms with van der Waals surface area (Å²) < 4.78 is 0. The second kappa shape index (κ2) is 6.39. The minimum Gasteiger partial charge on any atom is -0.337 e. The molecule has 24 heavy (non-hydrogen) atoms. The number of piperidine rings is 3. The zero-order valence-corrected chi connectivity index (χ0v) is 14.5. The summed E-state index contributed by atoms with van der Waals surface area (Å²) in [5.74, 6) is 1.14. The zero-order chi connectivity index (χ0) is 16.7. The lowest BCUT2D eigenvalue weighted by Crippen LogP contribution is -2.62. The van der Waals surface area contributed by atoms with Crippen molar-refractivity contribution in [1.82, 2.24) is 19.8 Å². The Morgan fingerprint density at radius 2 is 2.17 bits per heavy atom. The molecule has 2 bridgehead atoms. The average molecular weight is 332 g/mol. The van der Waals surface area contributed by atoms with Gasteiger partial charge in [-0.05, 0) is 37.5 Å². The Morgan fingerprint density at radius 3 is 2.92 bits per heavy atom. The van der Waals surface area contributed by atoms with Gasteiger partial charge in [0.2, 0.25) is 0 Å². The van der Waals surface area contributed by atoms with Crippen molar-refractivity contribution < 1.29 is 4.79 Å². The number of fused-ring (bicyclic) bond motifs is 4. The Hall–Kier alpha value is -1.56. The normalized spacial score (nSPS) is 33.3. The van der Waals surface area contributed by atoms with Crippen molar-refractivity contribution in [3.63, 3.8) is 0 Å². The zero-order valence-electron chi connectivity index (χ0n) is 14.5. The molecule has 0 unspecified atom stereocenters. The summed E-state index contributed by atoms with van der Waals surface area (Å²) in [4.78, 5) is 33.9. The smallest absolute Gasteiger partial charge is 0.323 e. The van der Waals surface area contributed by atoms with Gasteiger partial charge in [-0.25, -0.2) is 4.79 Å². The molecule has 3 fully saturated rings. The summed E-state index contributed by atoms with van der Waals surface area (Å²) in [5.41, 5.74) is 0.0840. The van der Waals surface area contributed by atoms with E-state index in [0.717, 1.165) is 25.7 Å². The lowest BCUT2D eigenvalue weighted by molar-refractivity contribution is -0.0519. The Labute approximate surface area is 142 Å². The number of hydrogen-bond acceptors (Lipinski definition) is 3. The van der Waals surface area contributed by atoms with Crippen LogP contribution in [-0.2, 0) is 0 Å². The molecule has 0 spiro atoms. The summed E-state index contributed by atoms with van der Waals surface area (Å²) in [6, 6.07) is 1.40. The molecule has 0 aliphatic carbocycles. The molecule has 6 nitrogen and oxygen atoms in total. The second-order valence-corrected chi connectivity index (χ2v) is 7.87. The molecule has 2 N–H and O–H groups in total. The molecular weight excluding hydrogens is 304 g/mol. The number of carbonyl (C=O) groups excluding carboxylic acids is 1. The van der Waals surface area contributed by atoms with E-state index in [2.05, 4.69) is 21.8 Å². The quantitative estimate of drug-likeness (QED) is 0.887. The van der Waals surface area contributed by atoms with Crippen LogP contribution in [0.3, 0.4) is 0 Å². The van der Waals surface area contributed by atoms with Crippen LogP contribution >= 0.6 is 0 Å². The molecule has 4 rings (SSSR count). The Morgan fingerprint density at radius 1 is 1.29 bits per heavy atom. The van der Waals surface area contributed by atoms with Crippen molar-refractivity contribution in [3.05, 3.63) is 22.4 Å². The van der Waals surface area contributed by atoms with E-state index in [1.807, 2.05) is 4.90 Å². The first-order chi connectivity index (χ1) is 11.7. The fourth-order valence-corrected chi connectivity index (χ4v) is 5.34. The van der Waals surface area contributed by atoms with Crippen molar-refractivity contribution in [1.29, 1.82) is 0 Å². The highest BCUT2D eigenvalue weighted by molar-refractivity contribution is 5.92. The van der Waals surface area contributed by atoms with Crippen LogP contribution in [-0.4, -0.2) is 57.4 Å². The number of H-pyrrole nitrogens is 2. The number of imidazole rings is 1. The van der Waals surface area contributed by atoms with E-state index in [4.69, 9.17) is 0 Å². The average Bonchev–Trinajstić information content (AvgIpc) is 3.01. The minimum absolute atomic E-state index is 0.0302. The fraction of sp³-hybridized carbons (Fsp3) is 0.778. The number of nitrogens with zero attached hydrogens (tertiary/aromatic N) is 2. The highest BCUT2D eigenvalue weighted by atomic mass is 16.2. The minimum atomic E-state index is -0.309. The molecule has 4 heterocycles. The van der Waals surface area contributed by atoms with Gasteiger partial charge in [0.25, 0.3) is 5.91 Å². The van der Waals surface area contributed by atoms with Gasteiger partial charge in [0.1, 0.15) is 5.69 Å². The van der Waals surface area contributed by atoms with Gasteiger partial charge in [-0.3, -0.25) is 9.69 Å². The molecule has 3 aliphatic rings. The second-order valence-electron chi connectivity index (χ2n) is 7.87. The maximum absolute atomic E-state index is 12.7. The van der Waals surface area contributed by atoms with Gasteiger partial charge in [0, 0.05) is 37.9 Å². The summed E-state index contributed by atoms with van der Waals surface area (Å²) >= 11 is 0. The summed E-state index contributed by atoms with van der Waals surface area (Å²) in [6.07, 6.45) is 9.27. The molecule has 1 aromatic heterocycles. The van der Waals surface area contributed by atoms with Crippen LogP contribution in [0.1, 0.15) is 55.9 Å². The number of hydrogen-bond donors (Lipinski definition) is 2. The predicted molar refractivity (Wildman–Crippen MR) is 92.0 cm³/mol. The van der Waals surface area contributed by atoms with E-state index >= 15 is 0 Å². The Bertz CT molecular complexity index is 649. The maximum atomic E-state index is 12.7. The van der Waals surface area contributed by atoms with Gasteiger partial charge in [-0.15, -0.1) is 0 Å². The third kappa shape index (κ3) is 2.81.